The van der Waals surface area contributed by atoms with Crippen LogP contribution in [0.3, 0.4) is 0 Å². The molecule has 1 unspecified atom stereocenters. The summed E-state index contributed by atoms with van der Waals surface area (Å²) in [7, 11) is -1.33. The fourth-order valence-corrected chi connectivity index (χ4v) is 4.28. The summed E-state index contributed by atoms with van der Waals surface area (Å²) >= 11 is 0. The van der Waals surface area contributed by atoms with Gasteiger partial charge in [-0.1, -0.05) is 30.3 Å². The lowest BCUT2D eigenvalue weighted by Crippen LogP contribution is -2.04. The molecule has 124 valence electrons. The molecule has 3 aromatic carbocycles. The number of aryl methyl sites for hydroxylation is 1. The molecule has 6 heteroatoms. The van der Waals surface area contributed by atoms with E-state index in [1.807, 2.05) is 55.5 Å². The zero-order chi connectivity index (χ0) is 17.6. The molecule has 25 heavy (non-hydrogen) atoms. The first-order valence-corrected chi connectivity index (χ1v) is 8.92. The van der Waals surface area contributed by atoms with Crippen molar-refractivity contribution in [1.29, 1.82) is 0 Å². The number of rotatable bonds is 2. The Morgan fingerprint density at radius 1 is 0.920 bits per heavy atom. The third kappa shape index (κ3) is 2.60. The van der Waals surface area contributed by atoms with Gasteiger partial charge >= 0.3 is 0 Å². The van der Waals surface area contributed by atoms with E-state index < -0.39 is 10.8 Å². The molecule has 0 saturated carbocycles. The first-order chi connectivity index (χ1) is 12.0. The number of fused-ring (bicyclic) bond motifs is 2. The second-order valence-electron chi connectivity index (χ2n) is 5.83. The van der Waals surface area contributed by atoms with Crippen molar-refractivity contribution in [3.63, 3.8) is 0 Å². The van der Waals surface area contributed by atoms with Crippen LogP contribution in [0.1, 0.15) is 5.56 Å². The minimum absolute atomic E-state index is 0.132. The largest absolute Gasteiger partial charge is 0.383 e. The average Bonchev–Trinajstić information content (AvgIpc) is 2.60. The van der Waals surface area contributed by atoms with Gasteiger partial charge in [0, 0.05) is 15.2 Å². The molecule has 0 bridgehead atoms. The fourth-order valence-electron chi connectivity index (χ4n) is 3.03. The lowest BCUT2D eigenvalue weighted by Gasteiger charge is -2.11. The van der Waals surface area contributed by atoms with Crippen molar-refractivity contribution < 1.29 is 4.21 Å². The van der Waals surface area contributed by atoms with Gasteiger partial charge in [-0.05, 0) is 47.5 Å². The Kier molecular flexibility index (Phi) is 3.62. The SMILES string of the molecule is Cc1c(S(=O)c2ccc3ccccc3c2)ccc2nc(N)nc(N)c12. The van der Waals surface area contributed by atoms with E-state index in [0.29, 0.717) is 21.6 Å². The average molecular weight is 348 g/mol. The Morgan fingerprint density at radius 3 is 2.48 bits per heavy atom. The highest BCUT2D eigenvalue weighted by molar-refractivity contribution is 7.85. The zero-order valence-electron chi connectivity index (χ0n) is 13.6. The second kappa shape index (κ2) is 5.82. The van der Waals surface area contributed by atoms with Crippen LogP contribution >= 0.6 is 0 Å². The summed E-state index contributed by atoms with van der Waals surface area (Å²) in [5.41, 5.74) is 13.1. The molecule has 0 spiro atoms. The van der Waals surface area contributed by atoms with E-state index in [4.69, 9.17) is 11.5 Å². The number of benzene rings is 3. The van der Waals surface area contributed by atoms with Crippen LogP contribution in [0, 0.1) is 6.92 Å². The lowest BCUT2D eigenvalue weighted by molar-refractivity contribution is 0.683. The highest BCUT2D eigenvalue weighted by Gasteiger charge is 2.15. The summed E-state index contributed by atoms with van der Waals surface area (Å²) in [6, 6.07) is 17.4. The van der Waals surface area contributed by atoms with Gasteiger partial charge in [-0.2, -0.15) is 4.98 Å². The van der Waals surface area contributed by atoms with Crippen molar-refractivity contribution in [1.82, 2.24) is 9.97 Å². The zero-order valence-corrected chi connectivity index (χ0v) is 14.4. The van der Waals surface area contributed by atoms with E-state index in [1.54, 1.807) is 6.07 Å². The highest BCUT2D eigenvalue weighted by Crippen LogP contribution is 2.30. The third-order valence-electron chi connectivity index (χ3n) is 4.25. The molecule has 0 amide bonds. The van der Waals surface area contributed by atoms with Gasteiger partial charge in [-0.3, -0.25) is 0 Å². The first kappa shape index (κ1) is 15.5. The van der Waals surface area contributed by atoms with Crippen LogP contribution in [0.4, 0.5) is 11.8 Å². The maximum atomic E-state index is 13.1. The van der Waals surface area contributed by atoms with Gasteiger partial charge in [0.05, 0.1) is 16.3 Å². The number of aromatic nitrogens is 2. The van der Waals surface area contributed by atoms with Gasteiger partial charge in [0.2, 0.25) is 5.95 Å². The van der Waals surface area contributed by atoms with Crippen LogP contribution in [-0.4, -0.2) is 14.2 Å². The summed E-state index contributed by atoms with van der Waals surface area (Å²) in [6.45, 7) is 1.88. The van der Waals surface area contributed by atoms with Crippen molar-refractivity contribution in [2.75, 3.05) is 11.5 Å². The third-order valence-corrected chi connectivity index (χ3v) is 5.78. The molecule has 4 N–H and O–H groups in total. The molecule has 0 radical (unpaired) electrons. The topological polar surface area (TPSA) is 94.9 Å². The van der Waals surface area contributed by atoms with E-state index in [1.165, 1.54) is 0 Å². The highest BCUT2D eigenvalue weighted by atomic mass is 32.2. The van der Waals surface area contributed by atoms with E-state index in [2.05, 4.69) is 9.97 Å². The number of anilines is 2. The van der Waals surface area contributed by atoms with Crippen LogP contribution in [0.25, 0.3) is 21.7 Å². The van der Waals surface area contributed by atoms with Crippen LogP contribution in [0.15, 0.2) is 64.4 Å². The summed E-state index contributed by atoms with van der Waals surface area (Å²) in [5.74, 6) is 0.435. The predicted octanol–water partition coefficient (Wildman–Crippen LogP) is 3.42. The fraction of sp³-hybridized carbons (Fsp3) is 0.0526. The summed E-state index contributed by atoms with van der Waals surface area (Å²) in [4.78, 5) is 9.66. The molecular weight excluding hydrogens is 332 g/mol. The number of hydrogen-bond acceptors (Lipinski definition) is 5. The van der Waals surface area contributed by atoms with Gasteiger partial charge in [-0.25, -0.2) is 9.19 Å². The van der Waals surface area contributed by atoms with Crippen LogP contribution in [0.2, 0.25) is 0 Å². The summed E-state index contributed by atoms with van der Waals surface area (Å²) < 4.78 is 13.1. The Bertz CT molecular complexity index is 1160. The van der Waals surface area contributed by atoms with Gasteiger partial charge < -0.3 is 11.5 Å². The molecule has 4 rings (SSSR count). The van der Waals surface area contributed by atoms with Crippen molar-refractivity contribution in [2.24, 2.45) is 0 Å². The van der Waals surface area contributed by atoms with Gasteiger partial charge in [0.1, 0.15) is 5.82 Å². The standard InChI is InChI=1S/C19H16N4OS/c1-11-16(9-8-15-17(11)18(20)23-19(21)22-15)25(24)14-7-6-12-4-2-3-5-13(12)10-14/h2-10H,1H3,(H4,20,21,22,23). The normalized spacial score (nSPS) is 12.5. The number of nitrogens with two attached hydrogens (primary N) is 2. The molecule has 4 aromatic rings. The molecule has 0 fully saturated rings. The smallest absolute Gasteiger partial charge is 0.222 e. The summed E-state index contributed by atoms with van der Waals surface area (Å²) in [5, 5.41) is 2.87. The van der Waals surface area contributed by atoms with E-state index in [0.717, 1.165) is 21.2 Å². The lowest BCUT2D eigenvalue weighted by atomic mass is 10.1. The molecule has 0 aliphatic carbocycles. The minimum atomic E-state index is -1.33. The van der Waals surface area contributed by atoms with Gasteiger partial charge in [0.15, 0.2) is 0 Å². The summed E-state index contributed by atoms with van der Waals surface area (Å²) in [6.07, 6.45) is 0. The molecular formula is C19H16N4OS. The minimum Gasteiger partial charge on any atom is -0.383 e. The Morgan fingerprint density at radius 2 is 1.68 bits per heavy atom. The quantitative estimate of drug-likeness (QED) is 0.579. The van der Waals surface area contributed by atoms with Crippen LogP contribution in [0.5, 0.6) is 0 Å². The monoisotopic (exact) mass is 348 g/mol. The molecule has 5 nitrogen and oxygen atoms in total. The molecule has 0 aliphatic rings. The maximum absolute atomic E-state index is 13.1. The number of hydrogen-bond donors (Lipinski definition) is 2. The predicted molar refractivity (Wildman–Crippen MR) is 102 cm³/mol. The van der Waals surface area contributed by atoms with Gasteiger partial charge in [0.25, 0.3) is 0 Å². The molecule has 1 heterocycles. The molecule has 1 aromatic heterocycles. The number of nitrogen functional groups attached to an aromatic ring is 2. The van der Waals surface area contributed by atoms with E-state index >= 15 is 0 Å². The van der Waals surface area contributed by atoms with Crippen molar-refractivity contribution >= 4 is 44.2 Å². The number of nitrogens with zero attached hydrogens (tertiary/aromatic N) is 2. The molecule has 0 aliphatic heterocycles. The second-order valence-corrected chi connectivity index (χ2v) is 7.28. The maximum Gasteiger partial charge on any atom is 0.222 e. The Labute approximate surface area is 147 Å². The van der Waals surface area contributed by atoms with E-state index in [-0.39, 0.29) is 5.95 Å². The van der Waals surface area contributed by atoms with Crippen molar-refractivity contribution in [3.05, 3.63) is 60.2 Å². The van der Waals surface area contributed by atoms with Crippen LogP contribution in [-0.2, 0) is 10.8 Å². The molecule has 0 saturated heterocycles. The van der Waals surface area contributed by atoms with Crippen LogP contribution < -0.4 is 11.5 Å². The van der Waals surface area contributed by atoms with Crippen molar-refractivity contribution in [2.45, 2.75) is 16.7 Å². The Hall–Kier alpha value is -2.99. The molecule has 1 atom stereocenters. The first-order valence-electron chi connectivity index (χ1n) is 7.77. The van der Waals surface area contributed by atoms with Gasteiger partial charge in [-0.15, -0.1) is 0 Å². The van der Waals surface area contributed by atoms with E-state index in [9.17, 15) is 4.21 Å². The van der Waals surface area contributed by atoms with Crippen molar-refractivity contribution in [3.8, 4) is 0 Å². The Balaban J connectivity index is 1.88.